The van der Waals surface area contributed by atoms with Gasteiger partial charge in [-0.25, -0.2) is 5.48 Å². The molecule has 1 amide bonds. The quantitative estimate of drug-likeness (QED) is 0.532. The van der Waals surface area contributed by atoms with Crippen molar-refractivity contribution in [1.29, 1.82) is 0 Å². The van der Waals surface area contributed by atoms with E-state index < -0.39 is 0 Å². The van der Waals surface area contributed by atoms with Crippen LogP contribution in [0.4, 0.5) is 0 Å². The molecule has 1 aromatic heterocycles. The molecule has 27 heavy (non-hydrogen) atoms. The number of para-hydroxylation sites is 1. The monoisotopic (exact) mass is 357 g/mol. The summed E-state index contributed by atoms with van der Waals surface area (Å²) in [4.78, 5) is 17.5. The van der Waals surface area contributed by atoms with E-state index in [0.29, 0.717) is 18.7 Å². The molecule has 4 aromatic rings. The lowest BCUT2D eigenvalue weighted by atomic mass is 10.1. The third-order valence-electron chi connectivity index (χ3n) is 4.35. The molecule has 1 N–H and O–H groups in total. The summed E-state index contributed by atoms with van der Waals surface area (Å²) in [7, 11) is 0. The second-order valence-electron chi connectivity index (χ2n) is 6.26. The van der Waals surface area contributed by atoms with E-state index in [1.807, 2.05) is 77.6 Å². The van der Waals surface area contributed by atoms with Gasteiger partial charge in [0.15, 0.2) is 0 Å². The van der Waals surface area contributed by atoms with Gasteiger partial charge in [-0.05, 0) is 29.3 Å². The van der Waals surface area contributed by atoms with Gasteiger partial charge < -0.3 is 0 Å². The summed E-state index contributed by atoms with van der Waals surface area (Å²) in [5, 5.41) is 5.55. The largest absolute Gasteiger partial charge is 0.274 e. The first-order chi connectivity index (χ1) is 13.3. The van der Waals surface area contributed by atoms with E-state index in [2.05, 4.69) is 10.6 Å². The van der Waals surface area contributed by atoms with E-state index in [1.54, 1.807) is 12.1 Å². The molecule has 5 nitrogen and oxygen atoms in total. The molecule has 0 aliphatic heterocycles. The summed E-state index contributed by atoms with van der Waals surface area (Å²) in [6.45, 7) is 0.983. The number of aromatic nitrogens is 2. The van der Waals surface area contributed by atoms with Crippen molar-refractivity contribution in [2.45, 2.75) is 13.2 Å². The van der Waals surface area contributed by atoms with Gasteiger partial charge >= 0.3 is 0 Å². The van der Waals surface area contributed by atoms with Gasteiger partial charge in [0, 0.05) is 10.9 Å². The van der Waals surface area contributed by atoms with Gasteiger partial charge in [-0.3, -0.25) is 14.3 Å². The van der Waals surface area contributed by atoms with Gasteiger partial charge in [-0.2, -0.15) is 5.10 Å². The molecule has 3 aromatic carbocycles. The fraction of sp³-hybridized carbons (Fsp3) is 0.0909. The number of hydroxylamine groups is 1. The van der Waals surface area contributed by atoms with Crippen molar-refractivity contribution in [3.63, 3.8) is 0 Å². The predicted octanol–water partition coefficient (Wildman–Crippen LogP) is 3.95. The maximum atomic E-state index is 12.2. The SMILES string of the molecule is O=C(NOCc1ccccc1)c1ccc(Cn2ncc3ccccc32)cc1. The highest BCUT2D eigenvalue weighted by atomic mass is 16.6. The highest BCUT2D eigenvalue weighted by molar-refractivity contribution is 5.93. The van der Waals surface area contributed by atoms with Crippen LogP contribution >= 0.6 is 0 Å². The summed E-state index contributed by atoms with van der Waals surface area (Å²) in [6.07, 6.45) is 1.86. The molecule has 1 heterocycles. The third kappa shape index (κ3) is 4.04. The number of rotatable bonds is 6. The van der Waals surface area contributed by atoms with E-state index in [-0.39, 0.29) is 5.91 Å². The standard InChI is InChI=1S/C22H19N3O2/c26-22(24-27-16-18-6-2-1-3-7-18)19-12-10-17(11-13-19)15-25-21-9-5-4-8-20(21)14-23-25/h1-14H,15-16H2,(H,24,26). The normalized spacial score (nSPS) is 10.8. The number of carbonyl (C=O) groups is 1. The van der Waals surface area contributed by atoms with Crippen molar-refractivity contribution < 1.29 is 9.63 Å². The zero-order chi connectivity index (χ0) is 18.5. The van der Waals surface area contributed by atoms with Crippen LogP contribution in [-0.2, 0) is 18.0 Å². The van der Waals surface area contributed by atoms with Crippen LogP contribution in [0.15, 0.2) is 85.1 Å². The van der Waals surface area contributed by atoms with E-state index in [0.717, 1.165) is 22.0 Å². The molecule has 0 aliphatic carbocycles. The van der Waals surface area contributed by atoms with Gasteiger partial charge in [-0.1, -0.05) is 60.7 Å². The van der Waals surface area contributed by atoms with E-state index >= 15 is 0 Å². The zero-order valence-corrected chi connectivity index (χ0v) is 14.7. The first-order valence-corrected chi connectivity index (χ1v) is 8.75. The summed E-state index contributed by atoms with van der Waals surface area (Å²) >= 11 is 0. The highest BCUT2D eigenvalue weighted by Crippen LogP contribution is 2.15. The molecule has 0 fully saturated rings. The average molecular weight is 357 g/mol. The summed E-state index contributed by atoms with van der Waals surface area (Å²) in [6, 6.07) is 25.2. The molecule has 0 saturated heterocycles. The minimum Gasteiger partial charge on any atom is -0.269 e. The van der Waals surface area contributed by atoms with Crippen LogP contribution in [0.5, 0.6) is 0 Å². The predicted molar refractivity (Wildman–Crippen MR) is 104 cm³/mol. The maximum absolute atomic E-state index is 12.2. The molecule has 0 unspecified atom stereocenters. The van der Waals surface area contributed by atoms with E-state index in [4.69, 9.17) is 4.84 Å². The Morgan fingerprint density at radius 1 is 0.889 bits per heavy atom. The molecule has 4 rings (SSSR count). The topological polar surface area (TPSA) is 56.1 Å². The van der Waals surface area contributed by atoms with Gasteiger partial charge in [0.25, 0.3) is 5.91 Å². The first kappa shape index (κ1) is 17.0. The second-order valence-corrected chi connectivity index (χ2v) is 6.26. The lowest BCUT2D eigenvalue weighted by Crippen LogP contribution is -2.23. The fourth-order valence-electron chi connectivity index (χ4n) is 2.90. The van der Waals surface area contributed by atoms with E-state index in [9.17, 15) is 4.79 Å². The van der Waals surface area contributed by atoms with Crippen LogP contribution in [0.3, 0.4) is 0 Å². The maximum Gasteiger partial charge on any atom is 0.274 e. The average Bonchev–Trinajstić information content (AvgIpc) is 3.12. The number of carbonyl (C=O) groups excluding carboxylic acids is 1. The van der Waals surface area contributed by atoms with Gasteiger partial charge in [-0.15, -0.1) is 0 Å². The molecule has 0 atom stereocenters. The first-order valence-electron chi connectivity index (χ1n) is 8.75. The molecular weight excluding hydrogens is 338 g/mol. The van der Waals surface area contributed by atoms with Crippen LogP contribution in [-0.4, -0.2) is 15.7 Å². The summed E-state index contributed by atoms with van der Waals surface area (Å²) in [5.74, 6) is -0.262. The zero-order valence-electron chi connectivity index (χ0n) is 14.7. The number of amides is 1. The summed E-state index contributed by atoms with van der Waals surface area (Å²) < 4.78 is 1.95. The summed E-state index contributed by atoms with van der Waals surface area (Å²) in [5.41, 5.74) is 6.20. The minimum atomic E-state index is -0.262. The van der Waals surface area contributed by atoms with Gasteiger partial charge in [0.1, 0.15) is 0 Å². The molecule has 0 aliphatic rings. The Morgan fingerprint density at radius 2 is 1.63 bits per heavy atom. The number of nitrogens with zero attached hydrogens (tertiary/aromatic N) is 2. The Kier molecular flexibility index (Phi) is 4.94. The molecule has 0 bridgehead atoms. The number of nitrogens with one attached hydrogen (secondary N) is 1. The highest BCUT2D eigenvalue weighted by Gasteiger charge is 2.07. The smallest absolute Gasteiger partial charge is 0.269 e. The van der Waals surface area contributed by atoms with Crippen LogP contribution in [0.1, 0.15) is 21.5 Å². The number of hydrogen-bond donors (Lipinski definition) is 1. The molecule has 0 radical (unpaired) electrons. The molecule has 0 spiro atoms. The lowest BCUT2D eigenvalue weighted by molar-refractivity contribution is 0.0233. The molecule has 134 valence electrons. The van der Waals surface area contributed by atoms with Crippen molar-refractivity contribution in [3.8, 4) is 0 Å². The molecular formula is C22H19N3O2. The molecule has 0 saturated carbocycles. The van der Waals surface area contributed by atoms with Crippen molar-refractivity contribution in [3.05, 3.63) is 102 Å². The molecule has 5 heteroatoms. The number of fused-ring (bicyclic) bond motifs is 1. The number of benzene rings is 3. The Labute approximate surface area is 157 Å². The Balaban J connectivity index is 1.36. The van der Waals surface area contributed by atoms with Crippen molar-refractivity contribution in [2.24, 2.45) is 0 Å². The van der Waals surface area contributed by atoms with E-state index in [1.165, 1.54) is 0 Å². The second kappa shape index (κ2) is 7.85. The van der Waals surface area contributed by atoms with Gasteiger partial charge in [0.2, 0.25) is 0 Å². The number of hydrogen-bond acceptors (Lipinski definition) is 3. The lowest BCUT2D eigenvalue weighted by Gasteiger charge is -2.08. The Morgan fingerprint density at radius 3 is 2.44 bits per heavy atom. The van der Waals surface area contributed by atoms with Crippen LogP contribution in [0, 0.1) is 0 Å². The third-order valence-corrected chi connectivity index (χ3v) is 4.35. The van der Waals surface area contributed by atoms with Gasteiger partial charge in [0.05, 0.1) is 24.9 Å². The van der Waals surface area contributed by atoms with Crippen LogP contribution in [0.2, 0.25) is 0 Å². The van der Waals surface area contributed by atoms with Crippen LogP contribution < -0.4 is 5.48 Å². The van der Waals surface area contributed by atoms with Crippen LogP contribution in [0.25, 0.3) is 10.9 Å². The van der Waals surface area contributed by atoms with Crippen molar-refractivity contribution in [2.75, 3.05) is 0 Å². The van der Waals surface area contributed by atoms with Crippen molar-refractivity contribution in [1.82, 2.24) is 15.3 Å². The van der Waals surface area contributed by atoms with Crippen molar-refractivity contribution >= 4 is 16.8 Å². The Bertz CT molecular complexity index is 1040. The fourth-order valence-corrected chi connectivity index (χ4v) is 2.90. The Hall–Kier alpha value is -3.44. The minimum absolute atomic E-state index is 0.262.